The highest BCUT2D eigenvalue weighted by Crippen LogP contribution is 2.17. The Morgan fingerprint density at radius 1 is 1.35 bits per heavy atom. The highest BCUT2D eigenvalue weighted by Gasteiger charge is 2.28. The number of aromatic nitrogens is 3. The molecule has 1 aliphatic rings. The molecule has 3 heterocycles. The summed E-state index contributed by atoms with van der Waals surface area (Å²) in [6.45, 7) is 5.69. The Bertz CT molecular complexity index is 916. The molecule has 166 valence electrons. The van der Waals surface area contributed by atoms with Crippen molar-refractivity contribution in [2.75, 3.05) is 39.5 Å². The van der Waals surface area contributed by atoms with Crippen LogP contribution in [0.1, 0.15) is 10.5 Å². The first-order valence-electron chi connectivity index (χ1n) is 9.43. The molecule has 0 aliphatic carbocycles. The Labute approximate surface area is 190 Å². The molecule has 0 aromatic carbocycles. The number of carbonyl (C=O) groups is 2. The van der Waals surface area contributed by atoms with Gasteiger partial charge in [-0.25, -0.2) is 19.3 Å². The zero-order valence-electron chi connectivity index (χ0n) is 17.4. The Hall–Kier alpha value is -2.53. The molecule has 1 unspecified atom stereocenters. The Morgan fingerprint density at radius 3 is 2.74 bits per heavy atom. The number of pyridine rings is 1. The van der Waals surface area contributed by atoms with Gasteiger partial charge in [-0.3, -0.25) is 9.59 Å². The Kier molecular flexibility index (Phi) is 9.86. The van der Waals surface area contributed by atoms with E-state index in [1.807, 2.05) is 6.26 Å². The second-order valence-corrected chi connectivity index (χ2v) is 7.62. The summed E-state index contributed by atoms with van der Waals surface area (Å²) in [5, 5.41) is 12.0. The van der Waals surface area contributed by atoms with Crippen molar-refractivity contribution in [3.8, 4) is 11.4 Å². The van der Waals surface area contributed by atoms with Crippen LogP contribution >= 0.6 is 23.5 Å². The largest absolute Gasteiger partial charge is 0.394 e. The minimum Gasteiger partial charge on any atom is -0.394 e. The van der Waals surface area contributed by atoms with Crippen molar-refractivity contribution in [1.82, 2.24) is 29.5 Å². The van der Waals surface area contributed by atoms with Crippen molar-refractivity contribution in [3.63, 3.8) is 0 Å². The van der Waals surface area contributed by atoms with Crippen molar-refractivity contribution < 1.29 is 14.7 Å². The van der Waals surface area contributed by atoms with Crippen molar-refractivity contribution in [1.29, 1.82) is 0 Å². The molecular weight excluding hydrogens is 440 g/mol. The minimum absolute atomic E-state index is 0.0106. The first-order chi connectivity index (χ1) is 14.9. The number of amides is 2. The molecule has 31 heavy (non-hydrogen) atoms. The quantitative estimate of drug-likeness (QED) is 0.389. The van der Waals surface area contributed by atoms with Crippen molar-refractivity contribution in [2.45, 2.75) is 6.04 Å². The third-order valence-electron chi connectivity index (χ3n) is 4.48. The molecule has 0 bridgehead atoms. The molecule has 3 rings (SSSR count). The van der Waals surface area contributed by atoms with Crippen LogP contribution in [0.2, 0.25) is 5.15 Å². The van der Waals surface area contributed by atoms with Crippen LogP contribution in [0.4, 0.5) is 0 Å². The summed E-state index contributed by atoms with van der Waals surface area (Å²) in [4.78, 5) is 36.5. The van der Waals surface area contributed by atoms with Gasteiger partial charge >= 0.3 is 0 Å². The summed E-state index contributed by atoms with van der Waals surface area (Å²) in [5.41, 5.74) is 1.45. The summed E-state index contributed by atoms with van der Waals surface area (Å²) in [6, 6.07) is 6.68. The highest BCUT2D eigenvalue weighted by atomic mass is 35.5. The number of aliphatic hydroxyl groups excluding tert-OH is 1. The molecular formula is C20H25ClN6O3S. The maximum atomic E-state index is 11.4. The third-order valence-corrected chi connectivity index (χ3v) is 5.53. The van der Waals surface area contributed by atoms with E-state index in [4.69, 9.17) is 16.7 Å². The van der Waals surface area contributed by atoms with E-state index in [0.29, 0.717) is 28.8 Å². The number of carbonyl (C=O) groups excluding carboxylic acids is 2. The van der Waals surface area contributed by atoms with Gasteiger partial charge in [0.2, 0.25) is 5.91 Å². The van der Waals surface area contributed by atoms with E-state index in [1.165, 1.54) is 12.4 Å². The lowest BCUT2D eigenvalue weighted by Crippen LogP contribution is -2.54. The number of piperazine rings is 1. The standard InChI is InChI=1S/C11H9ClN4O.C9H16N2O2S/c1-13-11(17)9-5-8(14-6-15-9)7-3-2-4-10(12)16-7;1-3-9(13)11-5-4-10(14-2)6-8(11)7-12/h2-6H,1H3,(H,13,17);3,8,12H,1,4-7H2,2H3. The average molecular weight is 465 g/mol. The van der Waals surface area contributed by atoms with E-state index >= 15 is 0 Å². The normalized spacial score (nSPS) is 16.1. The predicted molar refractivity (Wildman–Crippen MR) is 122 cm³/mol. The molecule has 0 saturated carbocycles. The zero-order chi connectivity index (χ0) is 22.8. The number of nitrogens with zero attached hydrogens (tertiary/aromatic N) is 5. The van der Waals surface area contributed by atoms with Gasteiger partial charge in [0.15, 0.2) is 0 Å². The molecule has 2 N–H and O–H groups in total. The number of rotatable bonds is 5. The van der Waals surface area contributed by atoms with E-state index in [2.05, 4.69) is 31.2 Å². The van der Waals surface area contributed by atoms with Crippen LogP contribution in [0, 0.1) is 0 Å². The topological polar surface area (TPSA) is 112 Å². The molecule has 2 aromatic rings. The first kappa shape index (κ1) is 24.7. The van der Waals surface area contributed by atoms with E-state index in [9.17, 15) is 9.59 Å². The lowest BCUT2D eigenvalue weighted by atomic mass is 10.2. The van der Waals surface area contributed by atoms with Gasteiger partial charge in [0, 0.05) is 26.7 Å². The van der Waals surface area contributed by atoms with Gasteiger partial charge in [0.1, 0.15) is 17.2 Å². The summed E-state index contributed by atoms with van der Waals surface area (Å²) in [5.74, 6) is -0.361. The predicted octanol–water partition coefficient (Wildman–Crippen LogP) is 1.51. The summed E-state index contributed by atoms with van der Waals surface area (Å²) in [7, 11) is 1.54. The first-order valence-corrected chi connectivity index (χ1v) is 11.0. The molecule has 1 aliphatic heterocycles. The number of nitrogens with one attached hydrogen (secondary N) is 1. The van der Waals surface area contributed by atoms with Crippen LogP contribution in [0.3, 0.4) is 0 Å². The monoisotopic (exact) mass is 464 g/mol. The van der Waals surface area contributed by atoms with Crippen molar-refractivity contribution >= 4 is 35.4 Å². The van der Waals surface area contributed by atoms with Gasteiger partial charge in [0.25, 0.3) is 5.91 Å². The zero-order valence-corrected chi connectivity index (χ0v) is 18.9. The van der Waals surface area contributed by atoms with Crippen LogP contribution in [-0.2, 0) is 4.79 Å². The molecule has 9 nitrogen and oxygen atoms in total. The SMILES string of the molecule is C=CC(=O)N1CCN(SC)CC1CO.CNC(=O)c1cc(-c2cccc(Cl)n2)ncn1. The molecule has 1 fully saturated rings. The van der Waals surface area contributed by atoms with Crippen molar-refractivity contribution in [2.24, 2.45) is 0 Å². The van der Waals surface area contributed by atoms with Crippen LogP contribution in [0.25, 0.3) is 11.4 Å². The van der Waals surface area contributed by atoms with Gasteiger partial charge in [-0.1, -0.05) is 36.2 Å². The lowest BCUT2D eigenvalue weighted by Gasteiger charge is -2.39. The van der Waals surface area contributed by atoms with Crippen LogP contribution in [0.5, 0.6) is 0 Å². The maximum Gasteiger partial charge on any atom is 0.269 e. The fourth-order valence-electron chi connectivity index (χ4n) is 2.86. The van der Waals surface area contributed by atoms with E-state index in [-0.39, 0.29) is 24.5 Å². The lowest BCUT2D eigenvalue weighted by molar-refractivity contribution is -0.130. The fraction of sp³-hybridized carbons (Fsp3) is 0.350. The summed E-state index contributed by atoms with van der Waals surface area (Å²) < 4.78 is 2.15. The third kappa shape index (κ3) is 7.00. The molecule has 1 atom stereocenters. The summed E-state index contributed by atoms with van der Waals surface area (Å²) in [6.07, 6.45) is 4.62. The smallest absolute Gasteiger partial charge is 0.269 e. The molecule has 11 heteroatoms. The molecule has 2 amide bonds. The van der Waals surface area contributed by atoms with Gasteiger partial charge in [0.05, 0.1) is 24.0 Å². The van der Waals surface area contributed by atoms with E-state index in [1.54, 1.807) is 48.2 Å². The minimum atomic E-state index is -0.268. The van der Waals surface area contributed by atoms with E-state index in [0.717, 1.165) is 13.1 Å². The van der Waals surface area contributed by atoms with Gasteiger partial charge < -0.3 is 15.3 Å². The fourth-order valence-corrected chi connectivity index (χ4v) is 3.61. The molecule has 2 aromatic heterocycles. The number of halogens is 1. The van der Waals surface area contributed by atoms with Gasteiger partial charge in [-0.05, 0) is 30.5 Å². The number of hydrogen-bond acceptors (Lipinski definition) is 8. The average Bonchev–Trinajstić information content (AvgIpc) is 2.83. The summed E-state index contributed by atoms with van der Waals surface area (Å²) >= 11 is 7.44. The molecule has 0 spiro atoms. The number of aliphatic hydroxyl groups is 1. The van der Waals surface area contributed by atoms with Crippen LogP contribution < -0.4 is 5.32 Å². The van der Waals surface area contributed by atoms with Crippen molar-refractivity contribution in [3.05, 3.63) is 54.1 Å². The van der Waals surface area contributed by atoms with Crippen LogP contribution in [0.15, 0.2) is 43.2 Å². The number of hydrogen-bond donors (Lipinski definition) is 2. The molecule has 1 saturated heterocycles. The highest BCUT2D eigenvalue weighted by molar-refractivity contribution is 7.96. The van der Waals surface area contributed by atoms with E-state index < -0.39 is 0 Å². The molecule has 0 radical (unpaired) electrons. The Balaban J connectivity index is 0.000000225. The van der Waals surface area contributed by atoms with Gasteiger partial charge in [-0.15, -0.1) is 0 Å². The second kappa shape index (κ2) is 12.4. The van der Waals surface area contributed by atoms with Crippen LogP contribution in [-0.4, -0.2) is 86.7 Å². The Morgan fingerprint density at radius 2 is 2.13 bits per heavy atom. The van der Waals surface area contributed by atoms with Gasteiger partial charge in [-0.2, -0.15) is 0 Å². The maximum absolute atomic E-state index is 11.4. The second-order valence-electron chi connectivity index (χ2n) is 6.36.